The molecule has 0 aromatic carbocycles. The standard InChI is InChI=1S/C9H10ClNO3S/c1-13-9(12)8(11-14-2)6-3-4-15-7(6)5-10/h3-4H,5H2,1-2H3. The molecule has 82 valence electrons. The SMILES string of the molecule is CON=C(C(=O)OC)c1ccsc1CCl. The first kappa shape index (κ1) is 12.0. The van der Waals surface area contributed by atoms with Crippen molar-refractivity contribution < 1.29 is 14.4 Å². The number of methoxy groups -OCH3 is 1. The van der Waals surface area contributed by atoms with Gasteiger partial charge in [0.25, 0.3) is 0 Å². The number of ether oxygens (including phenoxy) is 1. The van der Waals surface area contributed by atoms with Gasteiger partial charge in [0.05, 0.1) is 13.0 Å². The highest BCUT2D eigenvalue weighted by atomic mass is 35.5. The second-order valence-electron chi connectivity index (χ2n) is 2.51. The van der Waals surface area contributed by atoms with E-state index in [0.717, 1.165) is 4.88 Å². The molecule has 0 aliphatic heterocycles. The molecule has 0 saturated heterocycles. The molecular formula is C9H10ClNO3S. The second-order valence-corrected chi connectivity index (χ2v) is 3.77. The van der Waals surface area contributed by atoms with Gasteiger partial charge in [-0.2, -0.15) is 0 Å². The van der Waals surface area contributed by atoms with Crippen molar-refractivity contribution in [2.24, 2.45) is 5.16 Å². The average Bonchev–Trinajstić information content (AvgIpc) is 2.72. The fourth-order valence-corrected chi connectivity index (χ4v) is 2.10. The van der Waals surface area contributed by atoms with Gasteiger partial charge in [-0.15, -0.1) is 22.9 Å². The van der Waals surface area contributed by atoms with Crippen molar-refractivity contribution >= 4 is 34.6 Å². The summed E-state index contributed by atoms with van der Waals surface area (Å²) in [6.45, 7) is 0. The Morgan fingerprint density at radius 1 is 1.60 bits per heavy atom. The highest BCUT2D eigenvalue weighted by Gasteiger charge is 2.19. The lowest BCUT2D eigenvalue weighted by molar-refractivity contribution is -0.132. The zero-order chi connectivity index (χ0) is 11.3. The van der Waals surface area contributed by atoms with E-state index in [-0.39, 0.29) is 5.71 Å². The molecule has 0 atom stereocenters. The molecule has 6 heteroatoms. The summed E-state index contributed by atoms with van der Waals surface area (Å²) in [4.78, 5) is 16.9. The van der Waals surface area contributed by atoms with E-state index in [4.69, 9.17) is 11.6 Å². The second kappa shape index (κ2) is 5.72. The van der Waals surface area contributed by atoms with Gasteiger partial charge in [0.2, 0.25) is 0 Å². The van der Waals surface area contributed by atoms with Crippen molar-refractivity contribution in [3.05, 3.63) is 21.9 Å². The van der Waals surface area contributed by atoms with Crippen molar-refractivity contribution in [2.75, 3.05) is 14.2 Å². The highest BCUT2D eigenvalue weighted by molar-refractivity contribution is 7.10. The lowest BCUT2D eigenvalue weighted by atomic mass is 10.1. The molecule has 0 spiro atoms. The van der Waals surface area contributed by atoms with Gasteiger partial charge in [-0.25, -0.2) is 4.79 Å². The molecule has 1 aromatic rings. The van der Waals surface area contributed by atoms with Gasteiger partial charge in [0, 0.05) is 10.4 Å². The Bertz CT molecular complexity index is 375. The topological polar surface area (TPSA) is 47.9 Å². The molecule has 1 heterocycles. The zero-order valence-electron chi connectivity index (χ0n) is 8.32. The number of halogens is 1. The first-order valence-corrected chi connectivity index (χ1v) is 5.48. The van der Waals surface area contributed by atoms with Crippen LogP contribution in [0.3, 0.4) is 0 Å². The van der Waals surface area contributed by atoms with E-state index in [9.17, 15) is 4.79 Å². The normalized spacial score (nSPS) is 11.3. The molecule has 0 radical (unpaired) electrons. The van der Waals surface area contributed by atoms with Crippen LogP contribution in [0.1, 0.15) is 10.4 Å². The Hall–Kier alpha value is -1.07. The van der Waals surface area contributed by atoms with E-state index in [1.54, 1.807) is 6.07 Å². The maximum Gasteiger partial charge on any atom is 0.360 e. The predicted molar refractivity (Wildman–Crippen MR) is 59.4 cm³/mol. The third-order valence-electron chi connectivity index (χ3n) is 1.68. The molecule has 0 aliphatic carbocycles. The molecule has 0 aliphatic rings. The Kier molecular flexibility index (Phi) is 4.58. The van der Waals surface area contributed by atoms with Gasteiger partial charge in [0.1, 0.15) is 7.11 Å². The van der Waals surface area contributed by atoms with Crippen LogP contribution in [0.15, 0.2) is 16.6 Å². The van der Waals surface area contributed by atoms with Gasteiger partial charge in [-0.3, -0.25) is 0 Å². The van der Waals surface area contributed by atoms with Crippen LogP contribution in [-0.2, 0) is 20.2 Å². The molecule has 0 saturated carbocycles. The number of carbonyl (C=O) groups excluding carboxylic acids is 1. The lowest BCUT2D eigenvalue weighted by Crippen LogP contribution is -2.18. The van der Waals surface area contributed by atoms with Crippen molar-refractivity contribution in [3.63, 3.8) is 0 Å². The fraction of sp³-hybridized carbons (Fsp3) is 0.333. The number of carbonyl (C=O) groups is 1. The summed E-state index contributed by atoms with van der Waals surface area (Å²) >= 11 is 7.18. The highest BCUT2D eigenvalue weighted by Crippen LogP contribution is 2.20. The van der Waals surface area contributed by atoms with Crippen LogP contribution in [-0.4, -0.2) is 25.9 Å². The summed E-state index contributed by atoms with van der Waals surface area (Å²) in [6.07, 6.45) is 0. The first-order chi connectivity index (χ1) is 7.24. The number of rotatable bonds is 4. The summed E-state index contributed by atoms with van der Waals surface area (Å²) in [7, 11) is 2.66. The lowest BCUT2D eigenvalue weighted by Gasteiger charge is -2.03. The molecule has 0 N–H and O–H groups in total. The van der Waals surface area contributed by atoms with E-state index in [1.807, 2.05) is 5.38 Å². The number of hydrogen-bond donors (Lipinski definition) is 0. The van der Waals surface area contributed by atoms with Crippen molar-refractivity contribution in [3.8, 4) is 0 Å². The number of thiophene rings is 1. The van der Waals surface area contributed by atoms with Gasteiger partial charge >= 0.3 is 5.97 Å². The summed E-state index contributed by atoms with van der Waals surface area (Å²) in [5, 5.41) is 5.47. The molecule has 4 nitrogen and oxygen atoms in total. The molecular weight excluding hydrogens is 238 g/mol. The predicted octanol–water partition coefficient (Wildman–Crippen LogP) is 2.01. The van der Waals surface area contributed by atoms with E-state index in [0.29, 0.717) is 11.4 Å². The van der Waals surface area contributed by atoms with Crippen LogP contribution in [0.2, 0.25) is 0 Å². The van der Waals surface area contributed by atoms with E-state index in [1.165, 1.54) is 25.6 Å². The zero-order valence-corrected chi connectivity index (χ0v) is 9.89. The molecule has 0 amide bonds. The minimum atomic E-state index is -0.540. The number of nitrogens with zero attached hydrogens (tertiary/aromatic N) is 1. The van der Waals surface area contributed by atoms with Crippen LogP contribution >= 0.6 is 22.9 Å². The summed E-state index contributed by atoms with van der Waals surface area (Å²) in [5.41, 5.74) is 0.792. The van der Waals surface area contributed by atoms with E-state index < -0.39 is 5.97 Å². The fourth-order valence-electron chi connectivity index (χ4n) is 1.04. The summed E-state index contributed by atoms with van der Waals surface area (Å²) in [6, 6.07) is 1.76. The number of hydrogen-bond acceptors (Lipinski definition) is 5. The number of oxime groups is 1. The van der Waals surface area contributed by atoms with Crippen LogP contribution in [0, 0.1) is 0 Å². The van der Waals surface area contributed by atoms with Crippen LogP contribution < -0.4 is 0 Å². The Balaban J connectivity index is 3.10. The minimum Gasteiger partial charge on any atom is -0.464 e. The minimum absolute atomic E-state index is 0.136. The first-order valence-electron chi connectivity index (χ1n) is 4.06. The molecule has 1 aromatic heterocycles. The molecule has 0 bridgehead atoms. The average molecular weight is 248 g/mol. The third-order valence-corrected chi connectivity index (χ3v) is 3.03. The van der Waals surface area contributed by atoms with Crippen LogP contribution in [0.5, 0.6) is 0 Å². The largest absolute Gasteiger partial charge is 0.464 e. The Morgan fingerprint density at radius 3 is 2.87 bits per heavy atom. The number of alkyl halides is 1. The van der Waals surface area contributed by atoms with Crippen LogP contribution in [0.4, 0.5) is 0 Å². The van der Waals surface area contributed by atoms with Crippen molar-refractivity contribution in [1.29, 1.82) is 0 Å². The summed E-state index contributed by atoms with van der Waals surface area (Å²) < 4.78 is 4.60. The smallest absolute Gasteiger partial charge is 0.360 e. The Morgan fingerprint density at radius 2 is 2.33 bits per heavy atom. The van der Waals surface area contributed by atoms with Crippen LogP contribution in [0.25, 0.3) is 0 Å². The monoisotopic (exact) mass is 247 g/mol. The maximum absolute atomic E-state index is 11.4. The van der Waals surface area contributed by atoms with E-state index in [2.05, 4.69) is 14.7 Å². The van der Waals surface area contributed by atoms with Gasteiger partial charge in [-0.05, 0) is 11.4 Å². The Labute approximate surface area is 96.4 Å². The van der Waals surface area contributed by atoms with Crippen molar-refractivity contribution in [2.45, 2.75) is 5.88 Å². The molecule has 15 heavy (non-hydrogen) atoms. The quantitative estimate of drug-likeness (QED) is 0.354. The molecule has 0 unspecified atom stereocenters. The van der Waals surface area contributed by atoms with Crippen molar-refractivity contribution in [1.82, 2.24) is 0 Å². The molecule has 0 fully saturated rings. The van der Waals surface area contributed by atoms with Gasteiger partial charge in [-0.1, -0.05) is 5.16 Å². The van der Waals surface area contributed by atoms with E-state index >= 15 is 0 Å². The van der Waals surface area contributed by atoms with Gasteiger partial charge < -0.3 is 9.57 Å². The summed E-state index contributed by atoms with van der Waals surface area (Å²) in [5.74, 6) is -0.214. The molecule has 1 rings (SSSR count). The third kappa shape index (κ3) is 2.70. The maximum atomic E-state index is 11.4. The van der Waals surface area contributed by atoms with Gasteiger partial charge in [0.15, 0.2) is 5.71 Å². The number of esters is 1.